The summed E-state index contributed by atoms with van der Waals surface area (Å²) in [6, 6.07) is 13.5. The number of amides is 1. The fourth-order valence-electron chi connectivity index (χ4n) is 5.26. The van der Waals surface area contributed by atoms with Crippen molar-refractivity contribution in [2.45, 2.75) is 19.4 Å². The van der Waals surface area contributed by atoms with Gasteiger partial charge in [-0.3, -0.25) is 9.69 Å². The van der Waals surface area contributed by atoms with Gasteiger partial charge >= 0.3 is 0 Å². The van der Waals surface area contributed by atoms with E-state index in [9.17, 15) is 9.90 Å². The highest BCUT2D eigenvalue weighted by molar-refractivity contribution is 9.10. The highest BCUT2D eigenvalue weighted by Crippen LogP contribution is 2.48. The van der Waals surface area contributed by atoms with E-state index in [0.717, 1.165) is 34.5 Å². The molecule has 6 nitrogen and oxygen atoms in total. The van der Waals surface area contributed by atoms with Crippen molar-refractivity contribution in [3.8, 4) is 0 Å². The first-order valence-electron chi connectivity index (χ1n) is 10.5. The molecule has 8 heteroatoms. The molecule has 3 aliphatic rings. The maximum Gasteiger partial charge on any atom is 0.261 e. The van der Waals surface area contributed by atoms with Gasteiger partial charge < -0.3 is 10.0 Å². The second-order valence-corrected chi connectivity index (χ2v) is 9.79. The summed E-state index contributed by atoms with van der Waals surface area (Å²) in [4.78, 5) is 18.7. The Morgan fingerprint density at radius 2 is 2.00 bits per heavy atom. The van der Waals surface area contributed by atoms with Crippen molar-refractivity contribution in [1.29, 1.82) is 0 Å². The van der Waals surface area contributed by atoms with Crippen LogP contribution in [0.1, 0.15) is 12.5 Å². The Morgan fingerprint density at radius 3 is 2.74 bits per heavy atom. The molecular weight excluding hydrogens is 480 g/mol. The summed E-state index contributed by atoms with van der Waals surface area (Å²) in [5, 5.41) is 16.4. The summed E-state index contributed by atoms with van der Waals surface area (Å²) >= 11 is 9.66. The third-order valence-electron chi connectivity index (χ3n) is 6.81. The molecule has 0 saturated carbocycles. The lowest BCUT2D eigenvalue weighted by Gasteiger charge is -2.53. The van der Waals surface area contributed by atoms with Crippen LogP contribution in [0.15, 0.2) is 52.0 Å². The minimum atomic E-state index is -0.748. The second-order valence-electron chi connectivity index (χ2n) is 8.43. The lowest BCUT2D eigenvalue weighted by molar-refractivity contribution is -0.125. The number of hydrogen-bond acceptors (Lipinski definition) is 5. The molecule has 2 aromatic carbocycles. The number of benzene rings is 2. The first-order valence-corrected chi connectivity index (χ1v) is 11.7. The standard InChI is InChI=1S/C23H24BrClN4O2/c1-15-23(22(31)29(26-15)19-5-3-18(25)4-6-19)13-16-12-17(24)2-7-20(16)28-9-8-27(10-11-30)14-21(23)28/h2-7,12,21,30H,8-11,13-14H2,1H3/t21-,23+/m1/s1. The van der Waals surface area contributed by atoms with E-state index in [-0.39, 0.29) is 18.6 Å². The van der Waals surface area contributed by atoms with E-state index in [1.54, 1.807) is 12.1 Å². The minimum absolute atomic E-state index is 0.00111. The molecule has 31 heavy (non-hydrogen) atoms. The minimum Gasteiger partial charge on any atom is -0.395 e. The van der Waals surface area contributed by atoms with Crippen molar-refractivity contribution >= 4 is 50.5 Å². The van der Waals surface area contributed by atoms with Crippen molar-refractivity contribution < 1.29 is 9.90 Å². The molecule has 0 unspecified atom stereocenters. The highest BCUT2D eigenvalue weighted by Gasteiger charge is 2.59. The quantitative estimate of drug-likeness (QED) is 0.696. The smallest absolute Gasteiger partial charge is 0.261 e. The van der Waals surface area contributed by atoms with Gasteiger partial charge in [-0.1, -0.05) is 27.5 Å². The Hall–Kier alpha value is -1.93. The number of rotatable bonds is 3. The van der Waals surface area contributed by atoms with Crippen LogP contribution >= 0.6 is 27.5 Å². The molecular formula is C23H24BrClN4O2. The van der Waals surface area contributed by atoms with Crippen LogP contribution in [-0.4, -0.2) is 60.5 Å². The Bertz CT molecular complexity index is 1060. The van der Waals surface area contributed by atoms with E-state index in [1.807, 2.05) is 19.1 Å². The largest absolute Gasteiger partial charge is 0.395 e. The monoisotopic (exact) mass is 502 g/mol. The lowest BCUT2D eigenvalue weighted by atomic mass is 9.67. The number of carbonyl (C=O) groups excluding carboxylic acids is 1. The number of aliphatic hydroxyl groups excluding tert-OH is 1. The molecule has 1 fully saturated rings. The zero-order valence-corrected chi connectivity index (χ0v) is 19.6. The topological polar surface area (TPSA) is 59.4 Å². The van der Waals surface area contributed by atoms with Crippen LogP contribution in [0.2, 0.25) is 5.02 Å². The van der Waals surface area contributed by atoms with Gasteiger partial charge in [0.25, 0.3) is 5.91 Å². The first-order chi connectivity index (χ1) is 14.9. The summed E-state index contributed by atoms with van der Waals surface area (Å²) < 4.78 is 1.01. The van der Waals surface area contributed by atoms with Gasteiger partial charge in [0.05, 0.1) is 24.0 Å². The van der Waals surface area contributed by atoms with Gasteiger partial charge in [-0.05, 0) is 61.4 Å². The molecule has 1 N–H and O–H groups in total. The number of anilines is 2. The average Bonchev–Trinajstić information content (AvgIpc) is 3.00. The summed E-state index contributed by atoms with van der Waals surface area (Å²) in [7, 11) is 0. The number of nitrogens with zero attached hydrogens (tertiary/aromatic N) is 4. The fourth-order valence-corrected chi connectivity index (χ4v) is 5.80. The van der Waals surface area contributed by atoms with Gasteiger partial charge in [0.15, 0.2) is 0 Å². The zero-order valence-electron chi connectivity index (χ0n) is 17.3. The van der Waals surface area contributed by atoms with Crippen LogP contribution in [0.4, 0.5) is 11.4 Å². The van der Waals surface area contributed by atoms with Crippen molar-refractivity contribution in [3.63, 3.8) is 0 Å². The fraction of sp³-hybridized carbons (Fsp3) is 0.391. The molecule has 162 valence electrons. The number of carbonyl (C=O) groups is 1. The van der Waals surface area contributed by atoms with Crippen molar-refractivity contribution in [2.75, 3.05) is 42.7 Å². The predicted molar refractivity (Wildman–Crippen MR) is 127 cm³/mol. The van der Waals surface area contributed by atoms with Crippen LogP contribution in [-0.2, 0) is 11.2 Å². The van der Waals surface area contributed by atoms with Crippen molar-refractivity contribution in [1.82, 2.24) is 4.90 Å². The normalized spacial score (nSPS) is 25.6. The van der Waals surface area contributed by atoms with Crippen LogP contribution in [0, 0.1) is 5.41 Å². The molecule has 3 aliphatic heterocycles. The molecule has 5 rings (SSSR count). The SMILES string of the molecule is CC1=NN(c2ccc(Cl)cc2)C(=O)[C@@]12Cc1cc(Br)ccc1N1CCN(CCO)C[C@@H]12. The van der Waals surface area contributed by atoms with Crippen LogP contribution in [0.5, 0.6) is 0 Å². The number of aliphatic hydroxyl groups is 1. The molecule has 3 heterocycles. The van der Waals surface area contributed by atoms with E-state index in [2.05, 4.69) is 43.9 Å². The van der Waals surface area contributed by atoms with Crippen LogP contribution in [0.3, 0.4) is 0 Å². The summed E-state index contributed by atoms with van der Waals surface area (Å²) in [6.45, 7) is 5.07. The van der Waals surface area contributed by atoms with Crippen LogP contribution in [0.25, 0.3) is 0 Å². The van der Waals surface area contributed by atoms with E-state index in [0.29, 0.717) is 24.5 Å². The Kier molecular flexibility index (Phi) is 5.33. The van der Waals surface area contributed by atoms with Gasteiger partial charge in [-0.25, -0.2) is 0 Å². The number of hydrogen-bond donors (Lipinski definition) is 1. The molecule has 0 radical (unpaired) electrons. The van der Waals surface area contributed by atoms with Gasteiger partial charge in [0.1, 0.15) is 5.41 Å². The first kappa shape index (κ1) is 20.9. The molecule has 1 saturated heterocycles. The summed E-state index contributed by atoms with van der Waals surface area (Å²) in [5.41, 5.74) is 3.15. The third-order valence-corrected chi connectivity index (χ3v) is 7.56. The zero-order chi connectivity index (χ0) is 21.8. The molecule has 2 aromatic rings. The van der Waals surface area contributed by atoms with E-state index in [1.165, 1.54) is 10.7 Å². The van der Waals surface area contributed by atoms with Gasteiger partial charge in [-0.15, -0.1) is 0 Å². The van der Waals surface area contributed by atoms with Crippen LogP contribution < -0.4 is 9.91 Å². The number of hydrazone groups is 1. The lowest BCUT2D eigenvalue weighted by Crippen LogP contribution is -2.67. The predicted octanol–water partition coefficient (Wildman–Crippen LogP) is 3.55. The van der Waals surface area contributed by atoms with Crippen molar-refractivity contribution in [3.05, 3.63) is 57.5 Å². The maximum absolute atomic E-state index is 14.1. The van der Waals surface area contributed by atoms with E-state index in [4.69, 9.17) is 16.7 Å². The number of fused-ring (bicyclic) bond motifs is 4. The molecule has 1 amide bonds. The van der Waals surface area contributed by atoms with Gasteiger partial charge in [0, 0.05) is 41.4 Å². The molecule has 0 aliphatic carbocycles. The molecule has 0 aromatic heterocycles. The molecule has 1 spiro atoms. The Balaban J connectivity index is 1.61. The highest BCUT2D eigenvalue weighted by atomic mass is 79.9. The van der Waals surface area contributed by atoms with Gasteiger partial charge in [0.2, 0.25) is 0 Å². The van der Waals surface area contributed by atoms with E-state index < -0.39 is 5.41 Å². The second kappa shape index (κ2) is 7.89. The summed E-state index contributed by atoms with van der Waals surface area (Å²) in [5.74, 6) is -0.00111. The molecule has 0 bridgehead atoms. The summed E-state index contributed by atoms with van der Waals surface area (Å²) in [6.07, 6.45) is 0.605. The van der Waals surface area contributed by atoms with E-state index >= 15 is 0 Å². The average molecular weight is 504 g/mol. The Labute approximate surface area is 195 Å². The number of halogens is 2. The van der Waals surface area contributed by atoms with Crippen molar-refractivity contribution in [2.24, 2.45) is 10.5 Å². The third kappa shape index (κ3) is 3.30. The number of piperazine rings is 1. The van der Waals surface area contributed by atoms with Gasteiger partial charge in [-0.2, -0.15) is 10.1 Å². The maximum atomic E-state index is 14.1. The molecule has 2 atom stereocenters. The number of β-amino-alcohol motifs (C(OH)–C–C–N with tert-alkyl or cyclic N) is 1. The Morgan fingerprint density at radius 1 is 1.23 bits per heavy atom.